The van der Waals surface area contributed by atoms with Gasteiger partial charge in [0.2, 0.25) is 5.88 Å². The first-order valence-electron chi connectivity index (χ1n) is 6.97. The predicted molar refractivity (Wildman–Crippen MR) is 87.1 cm³/mol. The van der Waals surface area contributed by atoms with Crippen LogP contribution in [0.25, 0.3) is 0 Å². The number of aromatic nitrogens is 1. The van der Waals surface area contributed by atoms with Crippen molar-refractivity contribution in [3.63, 3.8) is 0 Å². The summed E-state index contributed by atoms with van der Waals surface area (Å²) in [6, 6.07) is 9.46. The van der Waals surface area contributed by atoms with E-state index in [-0.39, 0.29) is 5.54 Å². The molecule has 0 amide bonds. The molecule has 0 saturated carbocycles. The monoisotopic (exact) mass is 304 g/mol. The molecule has 0 bridgehead atoms. The lowest BCUT2D eigenvalue weighted by atomic mass is 10.1. The molecule has 112 valence electrons. The molecule has 0 spiro atoms. The van der Waals surface area contributed by atoms with Crippen molar-refractivity contribution in [1.29, 1.82) is 0 Å². The fraction of sp³-hybridized carbons (Fsp3) is 0.353. The van der Waals surface area contributed by atoms with Crippen LogP contribution in [0, 0.1) is 6.92 Å². The summed E-state index contributed by atoms with van der Waals surface area (Å²) in [5.74, 6) is 1.30. The lowest BCUT2D eigenvalue weighted by molar-refractivity contribution is 0.423. The van der Waals surface area contributed by atoms with Crippen LogP contribution in [-0.4, -0.2) is 10.5 Å². The van der Waals surface area contributed by atoms with E-state index in [0.29, 0.717) is 10.9 Å². The van der Waals surface area contributed by atoms with Crippen LogP contribution in [0.1, 0.15) is 31.9 Å². The highest BCUT2D eigenvalue weighted by Crippen LogP contribution is 2.26. The van der Waals surface area contributed by atoms with Gasteiger partial charge in [-0.1, -0.05) is 23.7 Å². The van der Waals surface area contributed by atoms with E-state index in [1.54, 1.807) is 6.07 Å². The third-order valence-corrected chi connectivity index (χ3v) is 3.22. The molecule has 4 heteroatoms. The van der Waals surface area contributed by atoms with Crippen molar-refractivity contribution in [2.75, 3.05) is 0 Å². The summed E-state index contributed by atoms with van der Waals surface area (Å²) in [6.45, 7) is 9.18. The van der Waals surface area contributed by atoms with Gasteiger partial charge < -0.3 is 10.1 Å². The third-order valence-electron chi connectivity index (χ3n) is 2.99. The van der Waals surface area contributed by atoms with Gasteiger partial charge in [0.15, 0.2) is 0 Å². The fourth-order valence-corrected chi connectivity index (χ4v) is 1.90. The Labute approximate surface area is 131 Å². The van der Waals surface area contributed by atoms with E-state index in [2.05, 4.69) is 31.1 Å². The minimum absolute atomic E-state index is 0.0903. The zero-order chi connectivity index (χ0) is 15.5. The molecule has 0 atom stereocenters. The Kier molecular flexibility index (Phi) is 4.86. The van der Waals surface area contributed by atoms with Crippen molar-refractivity contribution in [3.05, 3.63) is 52.7 Å². The zero-order valence-corrected chi connectivity index (χ0v) is 13.7. The molecule has 1 aromatic heterocycles. The molecular formula is C17H21ClN2O. The number of rotatable bonds is 4. The molecule has 2 aromatic rings. The molecule has 0 radical (unpaired) electrons. The number of nitrogens with zero attached hydrogens (tertiary/aromatic N) is 1. The number of halogens is 1. The number of nitrogens with one attached hydrogen (secondary N) is 1. The minimum atomic E-state index is 0.0903. The molecule has 0 aliphatic carbocycles. The van der Waals surface area contributed by atoms with Gasteiger partial charge in [0.1, 0.15) is 5.75 Å². The summed E-state index contributed by atoms with van der Waals surface area (Å²) in [4.78, 5) is 4.34. The van der Waals surface area contributed by atoms with Gasteiger partial charge in [-0.05, 0) is 51.0 Å². The van der Waals surface area contributed by atoms with Gasteiger partial charge in [0.05, 0.1) is 0 Å². The number of hydrogen-bond acceptors (Lipinski definition) is 3. The van der Waals surface area contributed by atoms with Crippen LogP contribution < -0.4 is 10.1 Å². The van der Waals surface area contributed by atoms with Gasteiger partial charge >= 0.3 is 0 Å². The zero-order valence-electron chi connectivity index (χ0n) is 12.9. The lowest BCUT2D eigenvalue weighted by Gasteiger charge is -2.20. The molecule has 0 fully saturated rings. The molecule has 0 aliphatic rings. The lowest BCUT2D eigenvalue weighted by Crippen LogP contribution is -2.35. The van der Waals surface area contributed by atoms with Crippen LogP contribution in [0.3, 0.4) is 0 Å². The number of benzene rings is 1. The molecule has 2 rings (SSSR count). The molecule has 21 heavy (non-hydrogen) atoms. The minimum Gasteiger partial charge on any atom is -0.439 e. The Balaban J connectivity index is 2.04. The Bertz CT molecular complexity index is 603. The van der Waals surface area contributed by atoms with E-state index in [1.165, 1.54) is 0 Å². The Hall–Kier alpha value is -1.58. The molecule has 1 heterocycles. The second kappa shape index (κ2) is 6.46. The van der Waals surface area contributed by atoms with Gasteiger partial charge in [0, 0.05) is 29.4 Å². The first-order valence-corrected chi connectivity index (χ1v) is 7.35. The summed E-state index contributed by atoms with van der Waals surface area (Å²) < 4.78 is 5.77. The van der Waals surface area contributed by atoms with Gasteiger partial charge in [-0.2, -0.15) is 0 Å². The van der Waals surface area contributed by atoms with E-state index in [4.69, 9.17) is 16.3 Å². The first kappa shape index (κ1) is 15.8. The van der Waals surface area contributed by atoms with Crippen molar-refractivity contribution in [2.24, 2.45) is 0 Å². The Morgan fingerprint density at radius 2 is 1.95 bits per heavy atom. The smallest absolute Gasteiger partial charge is 0.219 e. The molecule has 0 unspecified atom stereocenters. The van der Waals surface area contributed by atoms with E-state index >= 15 is 0 Å². The van der Waals surface area contributed by atoms with E-state index in [0.717, 1.165) is 23.4 Å². The van der Waals surface area contributed by atoms with E-state index in [9.17, 15) is 0 Å². The highest BCUT2D eigenvalue weighted by Gasteiger charge is 2.09. The first-order chi connectivity index (χ1) is 9.83. The van der Waals surface area contributed by atoms with Gasteiger partial charge in [0.25, 0.3) is 0 Å². The predicted octanol–water partition coefficient (Wildman–Crippen LogP) is 4.72. The maximum absolute atomic E-state index is 5.98. The molecule has 1 N–H and O–H groups in total. The second-order valence-corrected chi connectivity index (χ2v) is 6.56. The van der Waals surface area contributed by atoms with E-state index < -0.39 is 0 Å². The summed E-state index contributed by atoms with van der Waals surface area (Å²) in [5.41, 5.74) is 2.24. The highest BCUT2D eigenvalue weighted by atomic mass is 35.5. The Morgan fingerprint density at radius 3 is 2.57 bits per heavy atom. The van der Waals surface area contributed by atoms with Crippen LogP contribution in [0.5, 0.6) is 11.6 Å². The molecule has 0 saturated heterocycles. The van der Waals surface area contributed by atoms with Crippen LogP contribution in [0.15, 0.2) is 36.5 Å². The standard InChI is InChI=1S/C17H21ClN2O/c1-12-5-7-14(18)9-15(12)21-16-8-6-13(10-19-16)11-20-17(2,3)4/h5-10,20H,11H2,1-4H3. The van der Waals surface area contributed by atoms with Gasteiger partial charge in [-0.3, -0.25) is 0 Å². The van der Waals surface area contributed by atoms with Crippen molar-refractivity contribution in [1.82, 2.24) is 10.3 Å². The number of hydrogen-bond donors (Lipinski definition) is 1. The number of aryl methyl sites for hydroxylation is 1. The SMILES string of the molecule is Cc1ccc(Cl)cc1Oc1ccc(CNC(C)(C)C)cn1. The quantitative estimate of drug-likeness (QED) is 0.887. The van der Waals surface area contributed by atoms with E-state index in [1.807, 2.05) is 37.4 Å². The molecular weight excluding hydrogens is 284 g/mol. The van der Waals surface area contributed by atoms with Crippen molar-refractivity contribution < 1.29 is 4.74 Å². The van der Waals surface area contributed by atoms with Crippen molar-refractivity contribution in [3.8, 4) is 11.6 Å². The Morgan fingerprint density at radius 1 is 1.19 bits per heavy atom. The molecule has 1 aromatic carbocycles. The average molecular weight is 305 g/mol. The highest BCUT2D eigenvalue weighted by molar-refractivity contribution is 6.30. The normalized spacial score (nSPS) is 11.5. The second-order valence-electron chi connectivity index (χ2n) is 6.12. The maximum atomic E-state index is 5.98. The van der Waals surface area contributed by atoms with Crippen LogP contribution in [0.2, 0.25) is 5.02 Å². The summed E-state index contributed by atoms with van der Waals surface area (Å²) >= 11 is 5.98. The molecule has 0 aliphatic heterocycles. The third kappa shape index (κ3) is 5.03. The van der Waals surface area contributed by atoms with Gasteiger partial charge in [-0.25, -0.2) is 4.98 Å². The maximum Gasteiger partial charge on any atom is 0.219 e. The van der Waals surface area contributed by atoms with Gasteiger partial charge in [-0.15, -0.1) is 0 Å². The number of ether oxygens (including phenoxy) is 1. The van der Waals surface area contributed by atoms with Crippen molar-refractivity contribution in [2.45, 2.75) is 39.8 Å². The topological polar surface area (TPSA) is 34.1 Å². The van der Waals surface area contributed by atoms with Crippen LogP contribution in [-0.2, 0) is 6.54 Å². The summed E-state index contributed by atoms with van der Waals surface area (Å²) in [7, 11) is 0. The largest absolute Gasteiger partial charge is 0.439 e. The van der Waals surface area contributed by atoms with Crippen LogP contribution in [0.4, 0.5) is 0 Å². The summed E-state index contributed by atoms with van der Waals surface area (Å²) in [6.07, 6.45) is 1.83. The summed E-state index contributed by atoms with van der Waals surface area (Å²) in [5, 5.41) is 4.08. The molecule has 3 nitrogen and oxygen atoms in total. The van der Waals surface area contributed by atoms with Crippen molar-refractivity contribution >= 4 is 11.6 Å². The average Bonchev–Trinajstić information content (AvgIpc) is 2.41. The number of pyridine rings is 1. The van der Waals surface area contributed by atoms with Crippen LogP contribution >= 0.6 is 11.6 Å². The fourth-order valence-electron chi connectivity index (χ4n) is 1.74.